The number of piperidine rings is 1. The van der Waals surface area contributed by atoms with Crippen molar-refractivity contribution >= 4 is 16.9 Å². The van der Waals surface area contributed by atoms with E-state index in [4.69, 9.17) is 5.10 Å². The Balaban J connectivity index is 1.43. The number of hydrogen-bond donors (Lipinski definition) is 0. The van der Waals surface area contributed by atoms with Crippen LogP contribution in [-0.4, -0.2) is 88.7 Å². The van der Waals surface area contributed by atoms with Gasteiger partial charge in [-0.1, -0.05) is 6.92 Å². The first kappa shape index (κ1) is 20.3. The quantitative estimate of drug-likeness (QED) is 0.745. The largest absolute Gasteiger partial charge is 0.341 e. The second-order valence-corrected chi connectivity index (χ2v) is 9.07. The molecule has 0 aromatic carbocycles. The van der Waals surface area contributed by atoms with Gasteiger partial charge in [0.15, 0.2) is 5.65 Å². The van der Waals surface area contributed by atoms with Crippen LogP contribution in [0.4, 0.5) is 0 Å². The van der Waals surface area contributed by atoms with E-state index in [2.05, 4.69) is 41.9 Å². The molecule has 29 heavy (non-hydrogen) atoms. The Morgan fingerprint density at radius 3 is 2.76 bits per heavy atom. The van der Waals surface area contributed by atoms with E-state index in [1.54, 1.807) is 0 Å². The molecule has 0 bridgehead atoms. The van der Waals surface area contributed by atoms with Gasteiger partial charge in [0.25, 0.3) is 0 Å². The third-order valence-corrected chi connectivity index (χ3v) is 6.46. The molecule has 4 heterocycles. The minimum absolute atomic E-state index is 0.275. The fourth-order valence-electron chi connectivity index (χ4n) is 4.51. The molecule has 4 rings (SSSR count). The van der Waals surface area contributed by atoms with Gasteiger partial charge in [0.05, 0.1) is 18.8 Å². The molecule has 1 atom stereocenters. The summed E-state index contributed by atoms with van der Waals surface area (Å²) in [5.74, 6) is 1.37. The van der Waals surface area contributed by atoms with Crippen LogP contribution in [0, 0.1) is 5.92 Å². The van der Waals surface area contributed by atoms with Crippen LogP contribution < -0.4 is 0 Å². The summed E-state index contributed by atoms with van der Waals surface area (Å²) in [5, 5.41) is 6.07. The second-order valence-electron chi connectivity index (χ2n) is 9.07. The van der Waals surface area contributed by atoms with Gasteiger partial charge in [-0.2, -0.15) is 5.10 Å². The summed E-state index contributed by atoms with van der Waals surface area (Å²) in [6.07, 6.45) is 5.24. The van der Waals surface area contributed by atoms with Crippen molar-refractivity contribution in [1.82, 2.24) is 29.5 Å². The van der Waals surface area contributed by atoms with Crippen molar-refractivity contribution in [2.45, 2.75) is 38.6 Å². The van der Waals surface area contributed by atoms with Crippen LogP contribution in [0.3, 0.4) is 0 Å². The third kappa shape index (κ3) is 4.61. The summed E-state index contributed by atoms with van der Waals surface area (Å²) >= 11 is 0. The Bertz CT molecular complexity index is 839. The lowest BCUT2D eigenvalue weighted by Gasteiger charge is -2.30. The first-order valence-electron chi connectivity index (χ1n) is 11.0. The summed E-state index contributed by atoms with van der Waals surface area (Å²) in [4.78, 5) is 24.0. The zero-order valence-corrected chi connectivity index (χ0v) is 18.0. The number of nitrogens with zero attached hydrogens (tertiary/aromatic N) is 6. The molecule has 0 spiro atoms. The van der Waals surface area contributed by atoms with Gasteiger partial charge >= 0.3 is 0 Å². The highest BCUT2D eigenvalue weighted by Crippen LogP contribution is 2.31. The summed E-state index contributed by atoms with van der Waals surface area (Å²) in [7, 11) is 4.15. The molecule has 7 heteroatoms. The zero-order chi connectivity index (χ0) is 20.4. The van der Waals surface area contributed by atoms with Gasteiger partial charge in [-0.15, -0.1) is 0 Å². The van der Waals surface area contributed by atoms with E-state index in [0.29, 0.717) is 12.5 Å². The molecule has 0 saturated carbocycles. The molecule has 0 radical (unpaired) electrons. The highest BCUT2D eigenvalue weighted by atomic mass is 16.2. The summed E-state index contributed by atoms with van der Waals surface area (Å²) in [5.41, 5.74) is 2.06. The number of fused-ring (bicyclic) bond motifs is 1. The van der Waals surface area contributed by atoms with E-state index in [9.17, 15) is 4.79 Å². The summed E-state index contributed by atoms with van der Waals surface area (Å²) < 4.78 is 2.03. The summed E-state index contributed by atoms with van der Waals surface area (Å²) in [6, 6.07) is 4.11. The van der Waals surface area contributed by atoms with E-state index >= 15 is 0 Å². The number of likely N-dealkylation sites (N-methyl/N-ethyl adjacent to an activating group) is 1. The van der Waals surface area contributed by atoms with Crippen LogP contribution in [0.5, 0.6) is 0 Å². The van der Waals surface area contributed by atoms with Crippen LogP contribution in [0.2, 0.25) is 0 Å². The normalized spacial score (nSPS) is 21.5. The fourth-order valence-corrected chi connectivity index (χ4v) is 4.51. The standard InChI is InChI=1S/C22H34N6O/c1-17-6-10-26(11-7-17)16-20(29)27-12-8-18(15-27)21-19-5-4-9-23-22(19)28(24-21)14-13-25(2)3/h4-5,9,17-18H,6-8,10-16H2,1-3H3. The van der Waals surface area contributed by atoms with E-state index in [1.165, 1.54) is 12.8 Å². The van der Waals surface area contributed by atoms with Gasteiger partial charge < -0.3 is 9.80 Å². The minimum Gasteiger partial charge on any atom is -0.341 e. The molecule has 7 nitrogen and oxygen atoms in total. The molecule has 158 valence electrons. The van der Waals surface area contributed by atoms with Gasteiger partial charge in [0.2, 0.25) is 5.91 Å². The van der Waals surface area contributed by atoms with E-state index in [1.807, 2.05) is 21.8 Å². The topological polar surface area (TPSA) is 57.5 Å². The molecule has 0 N–H and O–H groups in total. The second kappa shape index (κ2) is 8.79. The van der Waals surface area contributed by atoms with Crippen LogP contribution >= 0.6 is 0 Å². The van der Waals surface area contributed by atoms with Crippen molar-refractivity contribution in [3.63, 3.8) is 0 Å². The number of rotatable bonds is 6. The molecule has 2 fully saturated rings. The summed E-state index contributed by atoms with van der Waals surface area (Å²) in [6.45, 7) is 8.34. The average Bonchev–Trinajstić information content (AvgIpc) is 3.33. The fraction of sp³-hybridized carbons (Fsp3) is 0.682. The first-order valence-corrected chi connectivity index (χ1v) is 11.0. The lowest BCUT2D eigenvalue weighted by atomic mass is 9.99. The zero-order valence-electron chi connectivity index (χ0n) is 18.0. The highest BCUT2D eigenvalue weighted by molar-refractivity contribution is 5.80. The minimum atomic E-state index is 0.275. The maximum absolute atomic E-state index is 12.9. The molecule has 1 unspecified atom stereocenters. The molecular weight excluding hydrogens is 364 g/mol. The van der Waals surface area contributed by atoms with E-state index < -0.39 is 0 Å². The van der Waals surface area contributed by atoms with Crippen molar-refractivity contribution in [2.75, 3.05) is 53.4 Å². The number of hydrogen-bond acceptors (Lipinski definition) is 5. The SMILES string of the molecule is CC1CCN(CC(=O)N2CCC(c3nn(CCN(C)C)c4ncccc34)C2)CC1. The van der Waals surface area contributed by atoms with Crippen LogP contribution in [0.15, 0.2) is 18.3 Å². The van der Waals surface area contributed by atoms with E-state index in [0.717, 1.165) is 68.3 Å². The molecule has 0 aliphatic carbocycles. The van der Waals surface area contributed by atoms with E-state index in [-0.39, 0.29) is 5.91 Å². The predicted octanol–water partition coefficient (Wildman–Crippen LogP) is 2.04. The molecular formula is C22H34N6O. The van der Waals surface area contributed by atoms with Gasteiger partial charge in [-0.05, 0) is 64.5 Å². The monoisotopic (exact) mass is 398 g/mol. The Hall–Kier alpha value is -1.99. The molecule has 2 saturated heterocycles. The Morgan fingerprint density at radius 1 is 1.21 bits per heavy atom. The van der Waals surface area contributed by atoms with Crippen LogP contribution in [0.25, 0.3) is 11.0 Å². The molecule has 2 aliphatic heterocycles. The predicted molar refractivity (Wildman–Crippen MR) is 115 cm³/mol. The van der Waals surface area contributed by atoms with Crippen molar-refractivity contribution in [2.24, 2.45) is 5.92 Å². The molecule has 1 amide bonds. The average molecular weight is 399 g/mol. The van der Waals surface area contributed by atoms with Crippen molar-refractivity contribution in [3.05, 3.63) is 24.0 Å². The number of pyridine rings is 1. The molecule has 2 aliphatic rings. The maximum Gasteiger partial charge on any atom is 0.236 e. The lowest BCUT2D eigenvalue weighted by Crippen LogP contribution is -2.42. The maximum atomic E-state index is 12.9. The number of carbonyl (C=O) groups excluding carboxylic acids is 1. The van der Waals surface area contributed by atoms with Crippen LogP contribution in [-0.2, 0) is 11.3 Å². The Kier molecular flexibility index (Phi) is 6.15. The van der Waals surface area contributed by atoms with Gasteiger partial charge in [0, 0.05) is 37.1 Å². The van der Waals surface area contributed by atoms with Crippen molar-refractivity contribution in [1.29, 1.82) is 0 Å². The number of likely N-dealkylation sites (tertiary alicyclic amines) is 2. The van der Waals surface area contributed by atoms with Gasteiger partial charge in [-0.25, -0.2) is 9.67 Å². The first-order chi connectivity index (χ1) is 14.0. The number of carbonyl (C=O) groups is 1. The lowest BCUT2D eigenvalue weighted by molar-refractivity contribution is -0.131. The van der Waals surface area contributed by atoms with Crippen LogP contribution in [0.1, 0.15) is 37.8 Å². The van der Waals surface area contributed by atoms with Gasteiger partial charge in [0.1, 0.15) is 0 Å². The Labute approximate surface area is 173 Å². The highest BCUT2D eigenvalue weighted by Gasteiger charge is 2.31. The third-order valence-electron chi connectivity index (χ3n) is 6.46. The van der Waals surface area contributed by atoms with Crippen molar-refractivity contribution < 1.29 is 4.79 Å². The Morgan fingerprint density at radius 2 is 2.00 bits per heavy atom. The smallest absolute Gasteiger partial charge is 0.236 e. The molecule has 2 aromatic rings. The number of amides is 1. The number of aromatic nitrogens is 3. The molecule has 2 aromatic heterocycles. The van der Waals surface area contributed by atoms with Gasteiger partial charge in [-0.3, -0.25) is 9.69 Å². The van der Waals surface area contributed by atoms with Crippen molar-refractivity contribution in [3.8, 4) is 0 Å².